The average molecular weight is 349 g/mol. The van der Waals surface area contributed by atoms with Crippen LogP contribution in [-0.4, -0.2) is 26.8 Å². The fraction of sp³-hybridized carbons (Fsp3) is 0.538. The quantitative estimate of drug-likeness (QED) is 0.708. The first-order valence-corrected chi connectivity index (χ1v) is 8.73. The molecule has 0 aromatic heterocycles. The molecule has 1 atom stereocenters. The van der Waals surface area contributed by atoms with Gasteiger partial charge in [0, 0.05) is 17.6 Å². The van der Waals surface area contributed by atoms with E-state index in [2.05, 4.69) is 32.9 Å². The van der Waals surface area contributed by atoms with E-state index < -0.39 is 15.3 Å². The van der Waals surface area contributed by atoms with Crippen molar-refractivity contribution in [1.82, 2.24) is 10.0 Å². The number of hydrogen-bond donors (Lipinski definition) is 2. The highest BCUT2D eigenvalue weighted by molar-refractivity contribution is 9.10. The molecule has 0 heterocycles. The summed E-state index contributed by atoms with van der Waals surface area (Å²) in [5.41, 5.74) is 0.937. The van der Waals surface area contributed by atoms with Gasteiger partial charge in [0.05, 0.1) is 5.25 Å². The Morgan fingerprint density at radius 3 is 2.74 bits per heavy atom. The van der Waals surface area contributed by atoms with Gasteiger partial charge in [0.2, 0.25) is 10.0 Å². The van der Waals surface area contributed by atoms with E-state index in [9.17, 15) is 8.42 Å². The summed E-state index contributed by atoms with van der Waals surface area (Å²) < 4.78 is 27.6. The van der Waals surface area contributed by atoms with Gasteiger partial charge in [-0.2, -0.15) is 0 Å². The summed E-state index contributed by atoms with van der Waals surface area (Å²) >= 11 is 3.37. The maximum absolute atomic E-state index is 12.0. The van der Waals surface area contributed by atoms with E-state index in [-0.39, 0.29) is 0 Å². The second-order valence-corrected chi connectivity index (χ2v) is 7.61. The van der Waals surface area contributed by atoms with Gasteiger partial charge in [0.25, 0.3) is 0 Å². The van der Waals surface area contributed by atoms with E-state index >= 15 is 0 Å². The van der Waals surface area contributed by atoms with Crippen molar-refractivity contribution in [1.29, 1.82) is 0 Å². The van der Waals surface area contributed by atoms with E-state index in [1.807, 2.05) is 24.3 Å². The lowest BCUT2D eigenvalue weighted by Crippen LogP contribution is -2.38. The van der Waals surface area contributed by atoms with E-state index in [0.29, 0.717) is 13.1 Å². The second-order valence-electron chi connectivity index (χ2n) is 4.51. The van der Waals surface area contributed by atoms with Crippen LogP contribution in [0.3, 0.4) is 0 Å². The Labute approximate surface area is 124 Å². The Hall–Kier alpha value is -0.430. The number of benzene rings is 1. The van der Waals surface area contributed by atoms with Crippen LogP contribution in [0.2, 0.25) is 0 Å². The van der Waals surface area contributed by atoms with Gasteiger partial charge < -0.3 is 5.32 Å². The fourth-order valence-electron chi connectivity index (χ4n) is 1.56. The number of sulfonamides is 1. The van der Waals surface area contributed by atoms with Crippen LogP contribution in [0, 0.1) is 0 Å². The van der Waals surface area contributed by atoms with Crippen molar-refractivity contribution in [3.05, 3.63) is 34.3 Å². The number of nitrogens with one attached hydrogen (secondary N) is 2. The van der Waals surface area contributed by atoms with E-state index in [1.165, 1.54) is 0 Å². The molecule has 2 N–H and O–H groups in total. The lowest BCUT2D eigenvalue weighted by atomic mass is 10.2. The minimum atomic E-state index is -3.28. The van der Waals surface area contributed by atoms with Crippen LogP contribution in [0.1, 0.15) is 25.8 Å². The molecule has 108 valence electrons. The molecule has 0 fully saturated rings. The van der Waals surface area contributed by atoms with Crippen LogP contribution in [0.5, 0.6) is 0 Å². The van der Waals surface area contributed by atoms with Crippen LogP contribution in [0.4, 0.5) is 0 Å². The topological polar surface area (TPSA) is 58.2 Å². The standard InChI is InChI=1S/C13H21BrN2O2S/c1-3-7-15-9-11(2)19(17,18)16-10-12-5-4-6-13(14)8-12/h4-6,8,11,15-16H,3,7,9-10H2,1-2H3. The predicted molar refractivity (Wildman–Crippen MR) is 82.5 cm³/mol. The molecule has 0 amide bonds. The van der Waals surface area contributed by atoms with Gasteiger partial charge in [0.15, 0.2) is 0 Å². The first-order valence-electron chi connectivity index (χ1n) is 6.39. The Morgan fingerprint density at radius 2 is 2.11 bits per heavy atom. The molecule has 4 nitrogen and oxygen atoms in total. The Kier molecular flexibility index (Phi) is 6.99. The zero-order valence-corrected chi connectivity index (χ0v) is 13.7. The molecule has 0 aliphatic heterocycles. The maximum Gasteiger partial charge on any atom is 0.215 e. The zero-order valence-electron chi connectivity index (χ0n) is 11.3. The molecule has 0 spiro atoms. The average Bonchev–Trinajstić information content (AvgIpc) is 2.37. The van der Waals surface area contributed by atoms with Crippen LogP contribution >= 0.6 is 15.9 Å². The highest BCUT2D eigenvalue weighted by Crippen LogP contribution is 2.11. The first kappa shape index (κ1) is 16.6. The van der Waals surface area contributed by atoms with Gasteiger partial charge >= 0.3 is 0 Å². The summed E-state index contributed by atoms with van der Waals surface area (Å²) in [4.78, 5) is 0. The maximum atomic E-state index is 12.0. The third-order valence-corrected chi connectivity index (χ3v) is 5.02. The Bertz CT molecular complexity index is 491. The van der Waals surface area contributed by atoms with E-state index in [0.717, 1.165) is 23.0 Å². The summed E-state index contributed by atoms with van der Waals surface area (Å²) in [6.07, 6.45) is 0.998. The van der Waals surface area contributed by atoms with Crippen LogP contribution in [0.15, 0.2) is 28.7 Å². The largest absolute Gasteiger partial charge is 0.315 e. The SMILES string of the molecule is CCCNCC(C)S(=O)(=O)NCc1cccc(Br)c1. The number of halogens is 1. The molecule has 0 saturated carbocycles. The van der Waals surface area contributed by atoms with Crippen LogP contribution in [-0.2, 0) is 16.6 Å². The van der Waals surface area contributed by atoms with Gasteiger partial charge in [-0.25, -0.2) is 13.1 Å². The molecule has 1 aromatic rings. The van der Waals surface area contributed by atoms with Crippen molar-refractivity contribution < 1.29 is 8.42 Å². The highest BCUT2D eigenvalue weighted by Gasteiger charge is 2.19. The third kappa shape index (κ3) is 6.03. The number of hydrogen-bond acceptors (Lipinski definition) is 3. The molecule has 19 heavy (non-hydrogen) atoms. The van der Waals surface area contributed by atoms with Crippen molar-refractivity contribution in [2.45, 2.75) is 32.1 Å². The molecule has 1 aromatic carbocycles. The summed E-state index contributed by atoms with van der Waals surface area (Å²) in [5, 5.41) is 2.68. The third-order valence-electron chi connectivity index (χ3n) is 2.75. The summed E-state index contributed by atoms with van der Waals surface area (Å²) in [6.45, 7) is 5.40. The van der Waals surface area contributed by atoms with Gasteiger partial charge in [-0.05, 0) is 37.6 Å². The van der Waals surface area contributed by atoms with Crippen molar-refractivity contribution in [3.8, 4) is 0 Å². The van der Waals surface area contributed by atoms with Gasteiger partial charge in [-0.1, -0.05) is 35.0 Å². The van der Waals surface area contributed by atoms with Crippen molar-refractivity contribution in [2.24, 2.45) is 0 Å². The summed E-state index contributed by atoms with van der Waals surface area (Å²) in [7, 11) is -3.28. The predicted octanol–water partition coefficient (Wildman–Crippen LogP) is 2.26. The molecule has 0 radical (unpaired) electrons. The molecule has 0 bridgehead atoms. The smallest absolute Gasteiger partial charge is 0.215 e. The second kappa shape index (κ2) is 7.99. The molecule has 1 rings (SSSR count). The Balaban J connectivity index is 2.50. The lowest BCUT2D eigenvalue weighted by Gasteiger charge is -2.14. The van der Waals surface area contributed by atoms with Gasteiger partial charge in [-0.3, -0.25) is 0 Å². The number of rotatable bonds is 8. The van der Waals surface area contributed by atoms with Crippen LogP contribution in [0.25, 0.3) is 0 Å². The van der Waals surface area contributed by atoms with Crippen LogP contribution < -0.4 is 10.0 Å². The molecule has 1 unspecified atom stereocenters. The van der Waals surface area contributed by atoms with Gasteiger partial charge in [0.1, 0.15) is 0 Å². The fourth-order valence-corrected chi connectivity index (χ4v) is 3.00. The molecule has 0 aliphatic rings. The van der Waals surface area contributed by atoms with Crippen molar-refractivity contribution in [3.63, 3.8) is 0 Å². The first-order chi connectivity index (χ1) is 8.95. The molecule has 6 heteroatoms. The highest BCUT2D eigenvalue weighted by atomic mass is 79.9. The lowest BCUT2D eigenvalue weighted by molar-refractivity contribution is 0.557. The molecule has 0 saturated heterocycles. The Morgan fingerprint density at radius 1 is 1.37 bits per heavy atom. The van der Waals surface area contributed by atoms with E-state index in [1.54, 1.807) is 6.92 Å². The van der Waals surface area contributed by atoms with Crippen molar-refractivity contribution >= 4 is 26.0 Å². The molecular formula is C13H21BrN2O2S. The minimum absolute atomic E-state index is 0.319. The van der Waals surface area contributed by atoms with Crippen molar-refractivity contribution in [2.75, 3.05) is 13.1 Å². The molecular weight excluding hydrogens is 328 g/mol. The van der Waals surface area contributed by atoms with E-state index in [4.69, 9.17) is 0 Å². The zero-order chi connectivity index (χ0) is 14.3. The van der Waals surface area contributed by atoms with Gasteiger partial charge in [-0.15, -0.1) is 0 Å². The summed E-state index contributed by atoms with van der Waals surface area (Å²) in [6, 6.07) is 7.60. The minimum Gasteiger partial charge on any atom is -0.315 e. The monoisotopic (exact) mass is 348 g/mol. The molecule has 0 aliphatic carbocycles. The normalized spacial score (nSPS) is 13.4. The summed E-state index contributed by atoms with van der Waals surface area (Å²) in [5.74, 6) is 0.